The monoisotopic (exact) mass is 1370 g/mol. The van der Waals surface area contributed by atoms with E-state index in [9.17, 15) is 42.3 Å². The van der Waals surface area contributed by atoms with Crippen molar-refractivity contribution in [2.45, 2.75) is 145 Å². The van der Waals surface area contributed by atoms with Gasteiger partial charge >= 0.3 is 5.97 Å². The fourth-order valence-corrected chi connectivity index (χ4v) is 11.8. The molecule has 3 aromatic heterocycles. The number of amides is 6. The Bertz CT molecular complexity index is 3770. The van der Waals surface area contributed by atoms with E-state index in [1.807, 2.05) is 170 Å². The normalized spacial score (nSPS) is 15.6. The van der Waals surface area contributed by atoms with E-state index >= 15 is 0 Å². The molecule has 3 N–H and O–H groups in total. The summed E-state index contributed by atoms with van der Waals surface area (Å²) < 4.78 is 42.9. The molecule has 0 saturated carbocycles. The van der Waals surface area contributed by atoms with Crippen LogP contribution in [0.3, 0.4) is 0 Å². The molecule has 20 nitrogen and oxygen atoms in total. The first kappa shape index (κ1) is 75.6. The molecule has 0 spiro atoms. The number of hydrogen-bond donors (Lipinski definition) is 3. The maximum absolute atomic E-state index is 14.0. The Kier molecular flexibility index (Phi) is 26.5. The fraction of sp³-hybridized carbons (Fsp3) is 0.410. The van der Waals surface area contributed by atoms with Crippen molar-refractivity contribution in [3.05, 3.63) is 198 Å². The molecule has 6 atom stereocenters. The molecule has 2 aliphatic rings. The van der Waals surface area contributed by atoms with Crippen LogP contribution in [0.15, 0.2) is 171 Å². The van der Waals surface area contributed by atoms with E-state index in [0.717, 1.165) is 53.5 Å². The van der Waals surface area contributed by atoms with Crippen molar-refractivity contribution in [3.8, 4) is 34.0 Å². The van der Waals surface area contributed by atoms with Crippen LogP contribution >= 0.6 is 0 Å². The van der Waals surface area contributed by atoms with Gasteiger partial charge in [-0.2, -0.15) is 0 Å². The first-order valence-corrected chi connectivity index (χ1v) is 34.3. The zero-order chi connectivity index (χ0) is 72.3. The summed E-state index contributed by atoms with van der Waals surface area (Å²) in [4.78, 5) is 98.9. The molecule has 530 valence electrons. The van der Waals surface area contributed by atoms with E-state index < -0.39 is 28.9 Å². The second kappa shape index (κ2) is 35.1. The van der Waals surface area contributed by atoms with E-state index in [4.69, 9.17) is 18.7 Å². The quantitative estimate of drug-likeness (QED) is 0.0509. The lowest BCUT2D eigenvalue weighted by molar-refractivity contribution is -0.141. The topological polar surface area (TPSA) is 255 Å². The molecule has 22 heteroatoms. The average molecular weight is 1370 g/mol. The first-order chi connectivity index (χ1) is 47.7. The fourth-order valence-electron chi connectivity index (χ4n) is 11.8. The third-order valence-electron chi connectivity index (χ3n) is 18.2. The third kappa shape index (κ3) is 20.7. The second-order valence-electron chi connectivity index (χ2n) is 27.8. The predicted octanol–water partition coefficient (Wildman–Crippen LogP) is 13.5. The number of aromatic carboxylic acids is 1. The molecular weight excluding hydrogens is 1280 g/mol. The molecule has 0 bridgehead atoms. The summed E-state index contributed by atoms with van der Waals surface area (Å²) in [7, 11) is 0. The average Bonchev–Trinajstić information content (AvgIpc) is 1.51. The van der Waals surface area contributed by atoms with Crippen molar-refractivity contribution in [2.75, 3.05) is 39.3 Å². The van der Waals surface area contributed by atoms with Crippen LogP contribution in [0.1, 0.15) is 150 Å². The van der Waals surface area contributed by atoms with Crippen molar-refractivity contribution in [2.24, 2.45) is 22.7 Å². The lowest BCUT2D eigenvalue weighted by Gasteiger charge is -2.37. The summed E-state index contributed by atoms with van der Waals surface area (Å²) in [5.41, 5.74) is 3.51. The van der Waals surface area contributed by atoms with Gasteiger partial charge < -0.3 is 48.9 Å². The minimum Gasteiger partial charge on any atom is -0.476 e. The Balaban J connectivity index is 0.000000213. The Morgan fingerprint density at radius 2 is 0.830 bits per heavy atom. The third-order valence-corrected chi connectivity index (χ3v) is 18.2. The minimum atomic E-state index is -1.09. The zero-order valence-corrected chi connectivity index (χ0v) is 58.8. The van der Waals surface area contributed by atoms with Gasteiger partial charge in [0.15, 0.2) is 34.4 Å². The highest BCUT2D eigenvalue weighted by Crippen LogP contribution is 2.31. The summed E-state index contributed by atoms with van der Waals surface area (Å²) in [5, 5.41) is 26.2. The number of benzene rings is 5. The highest BCUT2D eigenvalue weighted by atomic mass is 19.1. The molecule has 0 radical (unpaired) electrons. The highest BCUT2D eigenvalue weighted by Gasteiger charge is 2.43. The van der Waals surface area contributed by atoms with Crippen LogP contribution in [0.25, 0.3) is 34.0 Å². The van der Waals surface area contributed by atoms with Gasteiger partial charge in [-0.1, -0.05) is 200 Å². The van der Waals surface area contributed by atoms with Gasteiger partial charge in [0.1, 0.15) is 23.7 Å². The van der Waals surface area contributed by atoms with Gasteiger partial charge in [-0.25, -0.2) is 13.6 Å². The standard InChI is InChI=1S/2C34H43FN4O4.C10H7NO3/c2*1-6-23(2)31(40)36-30(34(3,4)5)33(42)39-19-10-13-27(39)22-38(20-18-24-14-16-26(35)17-15-24)32(41)28-21-29(43-37-28)25-11-8-7-9-12-25;12-10(13)8-6-9(14-11-8)7-4-2-1-3-5-7/h2*7-9,11-12,14-17,21,23,27,30H,6,10,13,18-20,22H2,1-5H3,(H,36,40);1-6H,(H,12,13)/t2*23-,27+,30-;/m11./s1. The number of nitrogens with one attached hydrogen (secondary N) is 2. The molecule has 2 fully saturated rings. The smallest absolute Gasteiger partial charge is 0.358 e. The summed E-state index contributed by atoms with van der Waals surface area (Å²) in [6, 6.07) is 43.4. The number of carboxylic acid groups (broad SMARTS) is 1. The van der Waals surface area contributed by atoms with Crippen LogP contribution in [0.4, 0.5) is 8.78 Å². The number of aromatic nitrogens is 3. The summed E-state index contributed by atoms with van der Waals surface area (Å²) in [5.74, 6) is -1.82. The molecule has 10 rings (SSSR count). The molecule has 6 amide bonds. The number of rotatable bonds is 24. The highest BCUT2D eigenvalue weighted by molar-refractivity contribution is 5.95. The van der Waals surface area contributed by atoms with Gasteiger partial charge in [-0.3, -0.25) is 28.8 Å². The Labute approximate surface area is 583 Å². The van der Waals surface area contributed by atoms with Gasteiger partial charge in [0.25, 0.3) is 11.8 Å². The minimum absolute atomic E-state index is 0.0798. The van der Waals surface area contributed by atoms with Crippen molar-refractivity contribution >= 4 is 41.4 Å². The summed E-state index contributed by atoms with van der Waals surface area (Å²) >= 11 is 0. The molecule has 2 aliphatic heterocycles. The molecular formula is C78H93F2N9O11. The Morgan fingerprint density at radius 1 is 0.510 bits per heavy atom. The Morgan fingerprint density at radius 3 is 1.13 bits per heavy atom. The lowest BCUT2D eigenvalue weighted by atomic mass is 9.85. The number of carbonyl (C=O) groups excluding carboxylic acids is 6. The van der Waals surface area contributed by atoms with Crippen molar-refractivity contribution < 1.29 is 61.0 Å². The van der Waals surface area contributed by atoms with Crippen LogP contribution in [0.5, 0.6) is 0 Å². The molecule has 0 unspecified atom stereocenters. The van der Waals surface area contributed by atoms with Crippen LogP contribution in [0.2, 0.25) is 0 Å². The number of carboxylic acids is 1. The van der Waals surface area contributed by atoms with E-state index in [-0.39, 0.29) is 88.1 Å². The number of halogens is 2. The number of carbonyl (C=O) groups is 7. The van der Waals surface area contributed by atoms with Crippen molar-refractivity contribution in [3.63, 3.8) is 0 Å². The zero-order valence-electron chi connectivity index (χ0n) is 58.8. The molecule has 5 heterocycles. The van der Waals surface area contributed by atoms with Crippen molar-refractivity contribution in [1.29, 1.82) is 0 Å². The summed E-state index contributed by atoms with van der Waals surface area (Å²) in [6.07, 6.45) is 5.44. The second-order valence-corrected chi connectivity index (χ2v) is 27.8. The molecule has 2 saturated heterocycles. The molecule has 0 aliphatic carbocycles. The van der Waals surface area contributed by atoms with E-state index in [2.05, 4.69) is 26.1 Å². The molecule has 100 heavy (non-hydrogen) atoms. The molecule has 5 aromatic carbocycles. The largest absolute Gasteiger partial charge is 0.476 e. The van der Waals surface area contributed by atoms with Gasteiger partial charge in [0.05, 0.1) is 0 Å². The van der Waals surface area contributed by atoms with Crippen LogP contribution in [-0.2, 0) is 32.0 Å². The molecule has 8 aromatic rings. The first-order valence-electron chi connectivity index (χ1n) is 34.3. The van der Waals surface area contributed by atoms with Gasteiger partial charge in [-0.05, 0) is 97.6 Å². The Hall–Kier alpha value is -10.1. The van der Waals surface area contributed by atoms with Crippen LogP contribution in [0, 0.1) is 34.3 Å². The maximum atomic E-state index is 14.0. The number of likely N-dealkylation sites (tertiary alicyclic amines) is 2. The van der Waals surface area contributed by atoms with Gasteiger partial charge in [-0.15, -0.1) is 0 Å². The van der Waals surface area contributed by atoms with Crippen LogP contribution in [-0.4, -0.2) is 145 Å². The summed E-state index contributed by atoms with van der Waals surface area (Å²) in [6.45, 7) is 21.7. The van der Waals surface area contributed by atoms with Gasteiger partial charge in [0, 0.05) is 98.1 Å². The predicted molar refractivity (Wildman–Crippen MR) is 376 cm³/mol. The number of hydrogen-bond acceptors (Lipinski definition) is 13. The van der Waals surface area contributed by atoms with E-state index in [1.165, 1.54) is 30.3 Å². The number of nitrogens with zero attached hydrogens (tertiary/aromatic N) is 7. The van der Waals surface area contributed by atoms with Crippen molar-refractivity contribution in [1.82, 2.24) is 45.7 Å². The SMILES string of the molecule is CC[C@@H](C)C(=O)N[C@H](C(=O)N1CCC[C@H]1CN(CCc1ccc(F)cc1)C(=O)c1cc(-c2ccccc2)on1)C(C)(C)C.CC[C@@H](C)C(=O)N[C@H](C(=O)N1CCC[C@H]1CN(CCc1ccc(F)cc1)C(=O)c1cc(-c2ccccc2)on1)C(C)(C)C.O=C(O)c1cc(-c2ccccc2)on1. The van der Waals surface area contributed by atoms with Crippen LogP contribution < -0.4 is 10.6 Å². The van der Waals surface area contributed by atoms with Gasteiger partial charge in [0.2, 0.25) is 23.6 Å². The van der Waals surface area contributed by atoms with E-state index in [0.29, 0.717) is 82.2 Å². The lowest BCUT2D eigenvalue weighted by Crippen LogP contribution is -2.57. The van der Waals surface area contributed by atoms with E-state index in [1.54, 1.807) is 46.2 Å². The maximum Gasteiger partial charge on any atom is 0.358 e.